The van der Waals surface area contributed by atoms with Gasteiger partial charge in [0.2, 0.25) is 0 Å². The molecule has 20 heavy (non-hydrogen) atoms. The molecule has 4 nitrogen and oxygen atoms in total. The van der Waals surface area contributed by atoms with E-state index in [0.717, 1.165) is 21.2 Å². The molecule has 0 fully saturated rings. The molecule has 0 saturated carbocycles. The standard InChI is InChI=1S/C15H16BrNO3/c1-4-20-15-12(13(18)14(15)19)17-7-11-8(2)5-10(16)6-9(11)3/h5-6,17H,4,7H2,1-3H3. The average molecular weight is 338 g/mol. The summed E-state index contributed by atoms with van der Waals surface area (Å²) in [5.74, 6) is 0.157. The molecular weight excluding hydrogens is 322 g/mol. The largest absolute Gasteiger partial charge is 0.488 e. The van der Waals surface area contributed by atoms with Gasteiger partial charge < -0.3 is 10.1 Å². The molecule has 0 unspecified atom stereocenters. The molecule has 0 bridgehead atoms. The van der Waals surface area contributed by atoms with Crippen molar-refractivity contribution in [1.29, 1.82) is 0 Å². The quantitative estimate of drug-likeness (QED) is 0.852. The Hall–Kier alpha value is -1.62. The number of aryl methyl sites for hydroxylation is 2. The van der Waals surface area contributed by atoms with Gasteiger partial charge >= 0.3 is 0 Å². The normalized spacial score (nSPS) is 10.8. The van der Waals surface area contributed by atoms with Crippen molar-refractivity contribution in [2.75, 3.05) is 11.9 Å². The second kappa shape index (κ2) is 5.79. The Kier molecular flexibility index (Phi) is 4.28. The maximum atomic E-state index is 11.5. The maximum absolute atomic E-state index is 11.5. The fourth-order valence-corrected chi connectivity index (χ4v) is 2.90. The number of rotatable bonds is 5. The third-order valence-corrected chi connectivity index (χ3v) is 3.72. The zero-order chi connectivity index (χ0) is 14.9. The van der Waals surface area contributed by atoms with Gasteiger partial charge in [0.1, 0.15) is 5.69 Å². The van der Waals surface area contributed by atoms with Crippen molar-refractivity contribution in [3.8, 4) is 5.75 Å². The van der Waals surface area contributed by atoms with Crippen LogP contribution in [0.15, 0.2) is 26.2 Å². The Labute approximate surface area is 125 Å². The van der Waals surface area contributed by atoms with E-state index < -0.39 is 10.9 Å². The Morgan fingerprint density at radius 3 is 2.30 bits per heavy atom. The molecule has 2 aromatic carbocycles. The van der Waals surface area contributed by atoms with E-state index in [2.05, 4.69) is 21.2 Å². The van der Waals surface area contributed by atoms with Crippen LogP contribution in [-0.2, 0) is 6.54 Å². The van der Waals surface area contributed by atoms with Crippen LogP contribution in [0.2, 0.25) is 0 Å². The van der Waals surface area contributed by atoms with Gasteiger partial charge in [0.05, 0.1) is 6.61 Å². The predicted octanol–water partition coefficient (Wildman–Crippen LogP) is 2.67. The van der Waals surface area contributed by atoms with Crippen LogP contribution in [-0.4, -0.2) is 6.61 Å². The molecule has 0 aromatic heterocycles. The smallest absolute Gasteiger partial charge is 0.272 e. The third-order valence-electron chi connectivity index (χ3n) is 3.26. The van der Waals surface area contributed by atoms with Crippen molar-refractivity contribution in [3.63, 3.8) is 0 Å². The molecule has 0 radical (unpaired) electrons. The zero-order valence-corrected chi connectivity index (χ0v) is 13.3. The average Bonchev–Trinajstić information content (AvgIpc) is 2.39. The highest BCUT2D eigenvalue weighted by Crippen LogP contribution is 2.23. The lowest BCUT2D eigenvalue weighted by molar-refractivity contribution is 0.334. The molecule has 2 aromatic rings. The van der Waals surface area contributed by atoms with Crippen molar-refractivity contribution >= 4 is 21.6 Å². The van der Waals surface area contributed by atoms with Gasteiger partial charge in [-0.15, -0.1) is 0 Å². The minimum absolute atomic E-state index is 0.157. The second-order valence-corrected chi connectivity index (χ2v) is 5.58. The summed E-state index contributed by atoms with van der Waals surface area (Å²) in [6, 6.07) is 4.05. The molecule has 0 atom stereocenters. The van der Waals surface area contributed by atoms with Crippen LogP contribution in [0, 0.1) is 13.8 Å². The molecule has 0 saturated heterocycles. The molecule has 0 aliphatic carbocycles. The van der Waals surface area contributed by atoms with Crippen molar-refractivity contribution in [2.45, 2.75) is 27.3 Å². The highest BCUT2D eigenvalue weighted by atomic mass is 79.9. The van der Waals surface area contributed by atoms with Gasteiger partial charge in [-0.05, 0) is 49.6 Å². The number of hydrogen-bond acceptors (Lipinski definition) is 4. The van der Waals surface area contributed by atoms with Gasteiger partial charge in [-0.2, -0.15) is 0 Å². The third kappa shape index (κ3) is 2.63. The Balaban J connectivity index is 2.20. The van der Waals surface area contributed by atoms with Crippen LogP contribution in [0.3, 0.4) is 0 Å². The number of halogens is 1. The first-order valence-corrected chi connectivity index (χ1v) is 7.20. The topological polar surface area (TPSA) is 55.4 Å². The summed E-state index contributed by atoms with van der Waals surface area (Å²) >= 11 is 3.45. The lowest BCUT2D eigenvalue weighted by Gasteiger charge is -2.15. The van der Waals surface area contributed by atoms with Crippen LogP contribution in [0.5, 0.6) is 5.75 Å². The number of anilines is 1. The van der Waals surface area contributed by atoms with Gasteiger partial charge in [0, 0.05) is 11.0 Å². The van der Waals surface area contributed by atoms with E-state index in [4.69, 9.17) is 4.74 Å². The van der Waals surface area contributed by atoms with Gasteiger partial charge in [0.15, 0.2) is 5.75 Å². The first-order valence-electron chi connectivity index (χ1n) is 6.41. The molecule has 0 spiro atoms. The minimum atomic E-state index is -0.543. The fourth-order valence-electron chi connectivity index (χ4n) is 2.21. The van der Waals surface area contributed by atoms with E-state index in [1.807, 2.05) is 26.0 Å². The molecule has 0 aliphatic heterocycles. The number of benzene rings is 1. The van der Waals surface area contributed by atoms with E-state index in [0.29, 0.717) is 18.8 Å². The molecular formula is C15H16BrNO3. The first-order chi connectivity index (χ1) is 9.45. The van der Waals surface area contributed by atoms with Gasteiger partial charge in [-0.1, -0.05) is 15.9 Å². The van der Waals surface area contributed by atoms with E-state index in [1.54, 1.807) is 6.92 Å². The molecule has 5 heteroatoms. The number of hydrogen-bond donors (Lipinski definition) is 1. The number of nitrogens with one attached hydrogen (secondary N) is 1. The highest BCUT2D eigenvalue weighted by molar-refractivity contribution is 9.10. The van der Waals surface area contributed by atoms with Crippen LogP contribution < -0.4 is 20.9 Å². The van der Waals surface area contributed by atoms with Crippen LogP contribution >= 0.6 is 15.9 Å². The van der Waals surface area contributed by atoms with Gasteiger partial charge in [0.25, 0.3) is 10.9 Å². The van der Waals surface area contributed by atoms with Gasteiger partial charge in [-0.25, -0.2) is 0 Å². The van der Waals surface area contributed by atoms with Crippen molar-refractivity contribution in [3.05, 3.63) is 53.7 Å². The summed E-state index contributed by atoms with van der Waals surface area (Å²) in [5, 5.41) is 3.02. The summed E-state index contributed by atoms with van der Waals surface area (Å²) in [6.45, 7) is 6.68. The van der Waals surface area contributed by atoms with Crippen LogP contribution in [0.4, 0.5) is 5.69 Å². The Morgan fingerprint density at radius 1 is 1.15 bits per heavy atom. The van der Waals surface area contributed by atoms with E-state index in [9.17, 15) is 9.59 Å². The lowest BCUT2D eigenvalue weighted by Crippen LogP contribution is -2.35. The van der Waals surface area contributed by atoms with E-state index in [-0.39, 0.29) is 5.75 Å². The zero-order valence-electron chi connectivity index (χ0n) is 11.7. The second-order valence-electron chi connectivity index (χ2n) is 4.67. The van der Waals surface area contributed by atoms with Crippen LogP contribution in [0.1, 0.15) is 23.6 Å². The SMILES string of the molecule is CCOc1c(NCc2c(C)cc(Br)cc2C)c(=O)c1=O. The summed E-state index contributed by atoms with van der Waals surface area (Å²) in [7, 11) is 0. The van der Waals surface area contributed by atoms with Gasteiger partial charge in [-0.3, -0.25) is 9.59 Å². The highest BCUT2D eigenvalue weighted by Gasteiger charge is 2.22. The lowest BCUT2D eigenvalue weighted by atomic mass is 10.0. The molecule has 0 heterocycles. The predicted molar refractivity (Wildman–Crippen MR) is 83.5 cm³/mol. The maximum Gasteiger partial charge on any atom is 0.272 e. The summed E-state index contributed by atoms with van der Waals surface area (Å²) in [5.41, 5.74) is 2.61. The molecule has 0 aliphatic rings. The van der Waals surface area contributed by atoms with E-state index >= 15 is 0 Å². The summed E-state index contributed by atoms with van der Waals surface area (Å²) < 4.78 is 6.21. The molecule has 0 amide bonds. The molecule has 2 rings (SSSR count). The summed E-state index contributed by atoms with van der Waals surface area (Å²) in [4.78, 5) is 22.9. The summed E-state index contributed by atoms with van der Waals surface area (Å²) in [6.07, 6.45) is 0. The fraction of sp³-hybridized carbons (Fsp3) is 0.333. The number of ether oxygens (including phenoxy) is 1. The monoisotopic (exact) mass is 337 g/mol. The van der Waals surface area contributed by atoms with Crippen molar-refractivity contribution < 1.29 is 4.74 Å². The van der Waals surface area contributed by atoms with Crippen molar-refractivity contribution in [2.24, 2.45) is 0 Å². The van der Waals surface area contributed by atoms with Crippen molar-refractivity contribution in [1.82, 2.24) is 0 Å². The Morgan fingerprint density at radius 2 is 1.75 bits per heavy atom. The minimum Gasteiger partial charge on any atom is -0.488 e. The molecule has 1 N–H and O–H groups in total. The Bertz CT molecular complexity index is 691. The first kappa shape index (κ1) is 14.8. The molecule has 106 valence electrons. The van der Waals surface area contributed by atoms with Crippen LogP contribution in [0.25, 0.3) is 0 Å². The van der Waals surface area contributed by atoms with E-state index in [1.165, 1.54) is 0 Å².